The molecule has 0 heterocycles. The molecule has 0 saturated heterocycles. The van der Waals surface area contributed by atoms with E-state index >= 15 is 0 Å². The van der Waals surface area contributed by atoms with Gasteiger partial charge in [0.1, 0.15) is 5.78 Å². The van der Waals surface area contributed by atoms with Crippen molar-refractivity contribution < 1.29 is 17.8 Å². The summed E-state index contributed by atoms with van der Waals surface area (Å²) < 4.78 is 34.0. The Morgan fingerprint density at radius 1 is 0.886 bits per heavy atom. The lowest BCUT2D eigenvalue weighted by Gasteiger charge is -2.37. The normalized spacial score (nSPS) is 22.7. The average molecular weight is 621 g/mol. The van der Waals surface area contributed by atoms with Crippen molar-refractivity contribution in [1.29, 1.82) is 0 Å². The first kappa shape index (κ1) is 26.4. The maximum absolute atomic E-state index is 11.8. The first-order valence-corrected chi connectivity index (χ1v) is 15.5. The molecule has 2 bridgehead atoms. The minimum Gasteiger partial charge on any atom is -0.748 e. The molecule has 35 heavy (non-hydrogen) atoms. The van der Waals surface area contributed by atoms with Gasteiger partial charge >= 0.3 is 0 Å². The second-order valence-electron chi connectivity index (χ2n) is 9.75. The highest BCUT2D eigenvalue weighted by Crippen LogP contribution is 2.64. The minimum atomic E-state index is -4.33. The largest absolute Gasteiger partial charge is 0.748 e. The molecule has 2 saturated carbocycles. The van der Waals surface area contributed by atoms with Crippen molar-refractivity contribution in [2.45, 2.75) is 47.8 Å². The summed E-state index contributed by atoms with van der Waals surface area (Å²) in [6, 6.07) is 30.3. The van der Waals surface area contributed by atoms with Crippen molar-refractivity contribution in [2.75, 3.05) is 5.75 Å². The third-order valence-electron chi connectivity index (χ3n) is 7.57. The minimum absolute atomic E-state index is 0.0248. The Kier molecular flexibility index (Phi) is 7.81. The fourth-order valence-electron chi connectivity index (χ4n) is 5.50. The molecule has 7 heteroatoms. The van der Waals surface area contributed by atoms with Crippen LogP contribution in [0.4, 0.5) is 0 Å². The molecule has 2 aliphatic rings. The van der Waals surface area contributed by atoms with Crippen LogP contribution in [0.5, 0.6) is 0 Å². The molecule has 184 valence electrons. The number of Topliss-reactive ketones (excluding diaryl/α,β-unsaturated/α-hetero) is 1. The number of hydrogen-bond acceptors (Lipinski definition) is 4. The number of rotatable bonds is 5. The van der Waals surface area contributed by atoms with E-state index in [4.69, 9.17) is 0 Å². The third kappa shape index (κ3) is 5.53. The molecular formula is C28H29IO4S2. The third-order valence-corrected chi connectivity index (χ3v) is 11.4. The van der Waals surface area contributed by atoms with Gasteiger partial charge in [0, 0.05) is 15.4 Å². The molecule has 0 amide bonds. The Bertz CT molecular complexity index is 1240. The highest BCUT2D eigenvalue weighted by molar-refractivity contribution is 14.1. The maximum Gasteiger partial charge on any atom is 0.166 e. The van der Waals surface area contributed by atoms with Crippen LogP contribution in [-0.4, -0.2) is 24.5 Å². The summed E-state index contributed by atoms with van der Waals surface area (Å²) in [5.74, 6) is -0.280. The van der Waals surface area contributed by atoms with E-state index in [-0.39, 0.29) is 28.0 Å². The van der Waals surface area contributed by atoms with E-state index in [0.29, 0.717) is 12.8 Å². The van der Waals surface area contributed by atoms with E-state index in [1.165, 1.54) is 18.3 Å². The summed E-state index contributed by atoms with van der Waals surface area (Å²) in [5, 5.41) is 0. The zero-order chi connectivity index (χ0) is 25.3. The molecule has 4 nitrogen and oxygen atoms in total. The van der Waals surface area contributed by atoms with Crippen LogP contribution in [0.25, 0.3) is 0 Å². The number of hydrogen-bond donors (Lipinski definition) is 0. The monoisotopic (exact) mass is 620 g/mol. The molecule has 0 aliphatic heterocycles. The van der Waals surface area contributed by atoms with Gasteiger partial charge in [0.2, 0.25) is 0 Å². The second kappa shape index (κ2) is 10.4. The van der Waals surface area contributed by atoms with Gasteiger partial charge < -0.3 is 4.55 Å². The Morgan fingerprint density at radius 2 is 1.37 bits per heavy atom. The summed E-state index contributed by atoms with van der Waals surface area (Å²) in [5.41, 5.74) is -1.22. The topological polar surface area (TPSA) is 74.3 Å². The van der Waals surface area contributed by atoms with Crippen molar-refractivity contribution in [3.05, 3.63) is 88.5 Å². The second-order valence-corrected chi connectivity index (χ2v) is 14.4. The number of carbonyl (C=O) groups excluding carboxylic acids is 1. The molecule has 3 aromatic carbocycles. The fourth-order valence-corrected chi connectivity index (χ4v) is 9.23. The zero-order valence-electron chi connectivity index (χ0n) is 19.8. The number of carbonyl (C=O) groups is 1. The van der Waals surface area contributed by atoms with Gasteiger partial charge in [-0.3, -0.25) is 4.79 Å². The highest BCUT2D eigenvalue weighted by Gasteiger charge is 2.64. The summed E-state index contributed by atoms with van der Waals surface area (Å²) in [4.78, 5) is 15.9. The molecular weight excluding hydrogens is 591 g/mol. The quantitative estimate of drug-likeness (QED) is 0.190. The molecule has 0 N–H and O–H groups in total. The Hall–Kier alpha value is -1.68. The maximum atomic E-state index is 11.8. The van der Waals surface area contributed by atoms with Crippen molar-refractivity contribution in [3.8, 4) is 0 Å². The SMILES string of the molecule is CC1(C)C2CCC1(CS(=O)(=O)[O-])C(=O)C2.Ic1ccc([S+](c2ccccc2)c2ccccc2)cc1. The van der Waals surface area contributed by atoms with Gasteiger partial charge in [0.05, 0.1) is 26.8 Å². The predicted octanol–water partition coefficient (Wildman–Crippen LogP) is 6.31. The van der Waals surface area contributed by atoms with Crippen LogP contribution >= 0.6 is 22.6 Å². The lowest BCUT2D eigenvalue weighted by molar-refractivity contribution is -0.128. The summed E-state index contributed by atoms with van der Waals surface area (Å²) >= 11 is 2.35. The number of fused-ring (bicyclic) bond motifs is 2. The summed E-state index contributed by atoms with van der Waals surface area (Å²) in [6.07, 6.45) is 1.88. The Morgan fingerprint density at radius 3 is 1.77 bits per heavy atom. The van der Waals surface area contributed by atoms with Gasteiger partial charge in [-0.25, -0.2) is 8.42 Å². The predicted molar refractivity (Wildman–Crippen MR) is 147 cm³/mol. The van der Waals surface area contributed by atoms with E-state index in [2.05, 4.69) is 108 Å². The lowest BCUT2D eigenvalue weighted by Crippen LogP contribution is -2.42. The van der Waals surface area contributed by atoms with Crippen LogP contribution in [-0.2, 0) is 25.8 Å². The van der Waals surface area contributed by atoms with Crippen molar-refractivity contribution in [3.63, 3.8) is 0 Å². The number of halogens is 1. The van der Waals surface area contributed by atoms with E-state index in [1.807, 2.05) is 13.8 Å². The van der Waals surface area contributed by atoms with E-state index in [1.54, 1.807) is 0 Å². The van der Waals surface area contributed by atoms with Crippen molar-refractivity contribution >= 4 is 49.4 Å². The molecule has 2 atom stereocenters. The Labute approximate surface area is 224 Å². The van der Waals surface area contributed by atoms with Crippen LogP contribution in [0.1, 0.15) is 33.1 Å². The first-order chi connectivity index (χ1) is 16.5. The highest BCUT2D eigenvalue weighted by atomic mass is 127. The average Bonchev–Trinajstić information content (AvgIpc) is 3.16. The van der Waals surface area contributed by atoms with Gasteiger partial charge in [0.25, 0.3) is 0 Å². The standard InChI is InChI=1S/C18H14IS.C10H16O4S/c19-15-11-13-18(14-12-15)20(16-7-3-1-4-8-16)17-9-5-2-6-10-17;1-9(2)7-3-4-10(9,8(11)5-7)6-15(12,13)14/h1-14H;7H,3-6H2,1-2H3,(H,12,13,14)/q+1;/p-1. The van der Waals surface area contributed by atoms with Crippen LogP contribution in [0.2, 0.25) is 0 Å². The molecule has 3 aromatic rings. The lowest BCUT2D eigenvalue weighted by atomic mass is 9.70. The van der Waals surface area contributed by atoms with Gasteiger partial charge in [0.15, 0.2) is 14.7 Å². The molecule has 0 radical (unpaired) electrons. The van der Waals surface area contributed by atoms with Gasteiger partial charge in [-0.1, -0.05) is 50.2 Å². The van der Waals surface area contributed by atoms with Crippen LogP contribution < -0.4 is 0 Å². The van der Waals surface area contributed by atoms with Crippen molar-refractivity contribution in [2.24, 2.45) is 16.7 Å². The summed E-state index contributed by atoms with van der Waals surface area (Å²) in [6.45, 7) is 3.83. The van der Waals surface area contributed by atoms with Crippen LogP contribution in [0.15, 0.2) is 99.6 Å². The number of ketones is 1. The van der Waals surface area contributed by atoms with Gasteiger partial charge in [-0.15, -0.1) is 0 Å². The molecule has 0 aromatic heterocycles. The molecule has 2 aliphatic carbocycles. The van der Waals surface area contributed by atoms with E-state index in [0.717, 1.165) is 6.42 Å². The molecule has 5 rings (SSSR count). The van der Waals surface area contributed by atoms with Gasteiger partial charge in [-0.2, -0.15) is 0 Å². The van der Waals surface area contributed by atoms with Crippen LogP contribution in [0, 0.1) is 20.3 Å². The van der Waals surface area contributed by atoms with E-state index in [9.17, 15) is 17.8 Å². The zero-order valence-corrected chi connectivity index (χ0v) is 23.6. The molecule has 0 spiro atoms. The summed E-state index contributed by atoms with van der Waals surface area (Å²) in [7, 11) is -4.35. The number of benzene rings is 3. The van der Waals surface area contributed by atoms with Crippen LogP contribution in [0.3, 0.4) is 0 Å². The Balaban J connectivity index is 0.000000172. The van der Waals surface area contributed by atoms with Crippen molar-refractivity contribution in [1.82, 2.24) is 0 Å². The molecule has 2 fully saturated rings. The smallest absolute Gasteiger partial charge is 0.166 e. The molecule has 2 unspecified atom stereocenters. The fraction of sp³-hybridized carbons (Fsp3) is 0.321. The van der Waals surface area contributed by atoms with Gasteiger partial charge in [-0.05, 0) is 95.3 Å². The van der Waals surface area contributed by atoms with E-state index < -0.39 is 21.3 Å². The first-order valence-electron chi connectivity index (χ1n) is 11.6.